The summed E-state index contributed by atoms with van der Waals surface area (Å²) in [7, 11) is 0. The van der Waals surface area contributed by atoms with Gasteiger partial charge in [0.15, 0.2) is 11.6 Å². The number of aromatic carboxylic acids is 1. The quantitative estimate of drug-likeness (QED) is 0.232. The molecule has 4 heterocycles. The first-order chi connectivity index (χ1) is 20.8. The number of aromatic nitrogens is 5. The van der Waals surface area contributed by atoms with Gasteiger partial charge in [-0.1, -0.05) is 17.7 Å². The fourth-order valence-corrected chi connectivity index (χ4v) is 6.18. The number of rotatable bonds is 8. The minimum atomic E-state index is -1.01. The summed E-state index contributed by atoms with van der Waals surface area (Å²) in [6, 6.07) is 9.14. The third kappa shape index (κ3) is 5.16. The van der Waals surface area contributed by atoms with Crippen LogP contribution in [0, 0.1) is 17.0 Å². The predicted octanol–water partition coefficient (Wildman–Crippen LogP) is 5.85. The molecule has 43 heavy (non-hydrogen) atoms. The third-order valence-corrected chi connectivity index (χ3v) is 8.67. The Kier molecular flexibility index (Phi) is 6.72. The highest BCUT2D eigenvalue weighted by Gasteiger charge is 2.57. The molecule has 1 N–H and O–H groups in total. The van der Waals surface area contributed by atoms with E-state index in [1.165, 1.54) is 18.4 Å². The lowest BCUT2D eigenvalue weighted by molar-refractivity contribution is 0.0697. The van der Waals surface area contributed by atoms with Gasteiger partial charge in [0.25, 0.3) is 0 Å². The minimum absolute atomic E-state index is 0.0171. The van der Waals surface area contributed by atoms with Gasteiger partial charge >= 0.3 is 12.0 Å². The largest absolute Gasteiger partial charge is 0.478 e. The predicted molar refractivity (Wildman–Crippen MR) is 151 cm³/mol. The smallest absolute Gasteiger partial charge is 0.335 e. The van der Waals surface area contributed by atoms with Crippen LogP contribution in [0.15, 0.2) is 59.5 Å². The number of halogens is 3. The lowest BCUT2D eigenvalue weighted by Crippen LogP contribution is -2.36. The van der Waals surface area contributed by atoms with Crippen molar-refractivity contribution in [2.45, 2.75) is 38.3 Å². The van der Waals surface area contributed by atoms with Crippen molar-refractivity contribution in [2.24, 2.45) is 5.41 Å². The summed E-state index contributed by atoms with van der Waals surface area (Å²) in [6.45, 7) is 1.34. The summed E-state index contributed by atoms with van der Waals surface area (Å²) in [5.41, 5.74) is 1.87. The monoisotopic (exact) mass is 606 g/mol. The molecule has 1 aliphatic heterocycles. The lowest BCUT2D eigenvalue weighted by Gasteiger charge is -2.33. The van der Waals surface area contributed by atoms with Crippen LogP contribution < -0.4 is 9.64 Å². The number of ether oxygens (including phenoxy) is 1. The molecule has 1 saturated heterocycles. The molecule has 0 bridgehead atoms. The normalized spacial score (nSPS) is 17.5. The molecular formula is C30H25ClF2N6O4. The Bertz CT molecular complexity index is 1840. The molecule has 2 aromatic carbocycles. The first-order valence-electron chi connectivity index (χ1n) is 13.8. The van der Waals surface area contributed by atoms with Gasteiger partial charge in [-0.2, -0.15) is 4.98 Å². The van der Waals surface area contributed by atoms with Crippen molar-refractivity contribution in [3.05, 3.63) is 94.6 Å². The summed E-state index contributed by atoms with van der Waals surface area (Å²) < 4.78 is 42.1. The molecule has 1 aliphatic carbocycles. The summed E-state index contributed by atoms with van der Waals surface area (Å²) >= 11 is 5.81. The van der Waals surface area contributed by atoms with E-state index >= 15 is 0 Å². The van der Waals surface area contributed by atoms with Crippen molar-refractivity contribution < 1.29 is 27.8 Å². The second kappa shape index (κ2) is 10.6. The van der Waals surface area contributed by atoms with Crippen LogP contribution in [0.2, 0.25) is 5.02 Å². The van der Waals surface area contributed by atoms with Crippen molar-refractivity contribution in [1.82, 2.24) is 24.5 Å². The van der Waals surface area contributed by atoms with E-state index < -0.39 is 17.6 Å². The lowest BCUT2D eigenvalue weighted by atomic mass is 9.90. The summed E-state index contributed by atoms with van der Waals surface area (Å²) in [6.07, 6.45) is 6.63. The Morgan fingerprint density at radius 2 is 1.95 bits per heavy atom. The highest BCUT2D eigenvalue weighted by Crippen LogP contribution is 2.65. The Hall–Kier alpha value is -4.58. The van der Waals surface area contributed by atoms with Gasteiger partial charge in [-0.15, -0.1) is 0 Å². The van der Waals surface area contributed by atoms with Crippen LogP contribution in [0.4, 0.5) is 14.6 Å². The molecule has 13 heteroatoms. The number of piperidine rings is 1. The molecule has 7 rings (SSSR count). The maximum atomic E-state index is 14.8. The zero-order valence-electron chi connectivity index (χ0n) is 22.7. The van der Waals surface area contributed by atoms with Gasteiger partial charge in [0.05, 0.1) is 29.0 Å². The molecule has 1 spiro atoms. The molecule has 3 aromatic heterocycles. The summed E-state index contributed by atoms with van der Waals surface area (Å²) in [5, 5.41) is 9.83. The van der Waals surface area contributed by atoms with E-state index in [-0.39, 0.29) is 45.9 Å². The zero-order chi connectivity index (χ0) is 29.7. The number of hydrogen-bond acceptors (Lipinski definition) is 8. The minimum Gasteiger partial charge on any atom is -0.478 e. The number of oxazole rings is 1. The molecular weight excluding hydrogens is 582 g/mol. The number of nitrogens with zero attached hydrogens (tertiary/aromatic N) is 6. The summed E-state index contributed by atoms with van der Waals surface area (Å²) in [5.74, 6) is -0.420. The Morgan fingerprint density at radius 1 is 1.12 bits per heavy atom. The van der Waals surface area contributed by atoms with E-state index in [0.717, 1.165) is 31.3 Å². The average molecular weight is 607 g/mol. The number of benzene rings is 2. The number of imidazole rings is 1. The second-order valence-electron chi connectivity index (χ2n) is 10.9. The van der Waals surface area contributed by atoms with Gasteiger partial charge in [0.1, 0.15) is 31.1 Å². The standard InChI is InChI=1S/C30H25ClF2N6O4/c31-19-3-1-18(21(32)12-19)16-43-29-35-14-22(33)27(37-29)38-8-5-30(6-9-38)13-20(30)26-36-23-4-2-17(28(40)41)11-24(23)39(26)15-25-34-7-10-42-25/h1-4,7,10-12,14,20H,5-6,8-9,13,15-16H2,(H,40,41)/t20-/m0/s1. The zero-order valence-corrected chi connectivity index (χ0v) is 23.5. The molecule has 2 fully saturated rings. The van der Waals surface area contributed by atoms with Crippen LogP contribution in [0.25, 0.3) is 11.0 Å². The van der Waals surface area contributed by atoms with E-state index in [2.05, 4.69) is 15.0 Å². The molecule has 5 aromatic rings. The first kappa shape index (κ1) is 27.3. The van der Waals surface area contributed by atoms with E-state index in [1.807, 2.05) is 9.47 Å². The Labute approximate surface area is 248 Å². The molecule has 220 valence electrons. The van der Waals surface area contributed by atoms with Crippen molar-refractivity contribution in [1.29, 1.82) is 0 Å². The van der Waals surface area contributed by atoms with Gasteiger partial charge in [0, 0.05) is 29.6 Å². The van der Waals surface area contributed by atoms with Gasteiger partial charge in [-0.25, -0.2) is 28.5 Å². The van der Waals surface area contributed by atoms with E-state index in [4.69, 9.17) is 25.7 Å². The van der Waals surface area contributed by atoms with Gasteiger partial charge in [0.2, 0.25) is 5.89 Å². The number of fused-ring (bicyclic) bond motifs is 1. The number of anilines is 1. The van der Waals surface area contributed by atoms with Gasteiger partial charge in [-0.3, -0.25) is 0 Å². The molecule has 0 radical (unpaired) electrons. The highest BCUT2D eigenvalue weighted by atomic mass is 35.5. The first-order valence-corrected chi connectivity index (χ1v) is 14.1. The van der Waals surface area contributed by atoms with Crippen LogP contribution in [-0.2, 0) is 13.2 Å². The molecule has 10 nitrogen and oxygen atoms in total. The highest BCUT2D eigenvalue weighted by molar-refractivity contribution is 6.30. The fraction of sp³-hybridized carbons (Fsp3) is 0.300. The summed E-state index contributed by atoms with van der Waals surface area (Å²) in [4.78, 5) is 30.9. The number of carbonyl (C=O) groups is 1. The molecule has 2 aliphatic rings. The maximum Gasteiger partial charge on any atom is 0.335 e. The third-order valence-electron chi connectivity index (χ3n) is 8.44. The molecule has 0 unspecified atom stereocenters. The van der Waals surface area contributed by atoms with Gasteiger partial charge in [-0.05, 0) is 55.0 Å². The molecule has 1 atom stereocenters. The molecule has 0 amide bonds. The Morgan fingerprint density at radius 3 is 2.70 bits per heavy atom. The van der Waals surface area contributed by atoms with Crippen molar-refractivity contribution in [2.75, 3.05) is 18.0 Å². The topological polar surface area (TPSA) is 119 Å². The van der Waals surface area contributed by atoms with E-state index in [9.17, 15) is 18.7 Å². The van der Waals surface area contributed by atoms with Crippen molar-refractivity contribution in [3.8, 4) is 6.01 Å². The van der Waals surface area contributed by atoms with Gasteiger partial charge < -0.3 is 23.7 Å². The fourth-order valence-electron chi connectivity index (χ4n) is 6.02. The Balaban J connectivity index is 1.08. The average Bonchev–Trinajstić information content (AvgIpc) is 3.30. The SMILES string of the molecule is O=C(O)c1ccc2nc([C@@H]3CC34CCN(c3nc(OCc5ccc(Cl)cc5F)ncc3F)CC4)n(Cc3ncco3)c2c1. The van der Waals surface area contributed by atoms with E-state index in [0.29, 0.717) is 36.6 Å². The van der Waals surface area contributed by atoms with Crippen LogP contribution in [0.3, 0.4) is 0 Å². The molecule has 1 saturated carbocycles. The maximum absolute atomic E-state index is 14.8. The van der Waals surface area contributed by atoms with Crippen LogP contribution >= 0.6 is 11.6 Å². The van der Waals surface area contributed by atoms with Crippen molar-refractivity contribution >= 4 is 34.4 Å². The second-order valence-corrected chi connectivity index (χ2v) is 11.4. The number of hydrogen-bond donors (Lipinski definition) is 1. The number of carboxylic acid groups (broad SMARTS) is 1. The van der Waals surface area contributed by atoms with Crippen LogP contribution in [-0.4, -0.2) is 48.7 Å². The van der Waals surface area contributed by atoms with Crippen LogP contribution in [0.5, 0.6) is 6.01 Å². The van der Waals surface area contributed by atoms with Crippen molar-refractivity contribution in [3.63, 3.8) is 0 Å². The van der Waals surface area contributed by atoms with E-state index in [1.54, 1.807) is 30.5 Å². The van der Waals surface area contributed by atoms with Crippen LogP contribution in [0.1, 0.15) is 52.8 Å². The number of carboxylic acids is 1.